The molecule has 5 atom stereocenters. The Morgan fingerprint density at radius 1 is 0.484 bits per heavy atom. The minimum atomic E-state index is 0.177. The van der Waals surface area contributed by atoms with Gasteiger partial charge in [0.05, 0.1) is 12.3 Å². The fourth-order valence-corrected chi connectivity index (χ4v) is 4.48. The van der Waals surface area contributed by atoms with Gasteiger partial charge in [-0.3, -0.25) is 15.5 Å². The van der Waals surface area contributed by atoms with Gasteiger partial charge in [0.1, 0.15) is 0 Å². The highest BCUT2D eigenvalue weighted by Crippen LogP contribution is 2.26. The average Bonchev–Trinajstić information content (AvgIpc) is 2.80. The highest BCUT2D eigenvalue weighted by Gasteiger charge is 2.28. The molecule has 0 fully saturated rings. The van der Waals surface area contributed by atoms with Crippen LogP contribution in [0.2, 0.25) is 0 Å². The molecule has 0 heterocycles. The predicted molar refractivity (Wildman–Crippen MR) is 132 cm³/mol. The minimum absolute atomic E-state index is 0.177. The Bertz CT molecular complexity index is 828. The summed E-state index contributed by atoms with van der Waals surface area (Å²) in [6.07, 6.45) is 0.353. The molecule has 0 aliphatic carbocycles. The zero-order chi connectivity index (χ0) is 22.2. The molecule has 0 bridgehead atoms. The van der Waals surface area contributed by atoms with E-state index in [9.17, 15) is 0 Å². The smallest absolute Gasteiger partial charge is 0.0592 e. The molecule has 0 amide bonds. The molecule has 2 N–H and O–H groups in total. The van der Waals surface area contributed by atoms with Crippen molar-refractivity contribution in [2.45, 2.75) is 65.1 Å². The van der Waals surface area contributed by atoms with E-state index in [4.69, 9.17) is 0 Å². The van der Waals surface area contributed by atoms with Crippen LogP contribution in [-0.2, 0) is 0 Å². The van der Waals surface area contributed by atoms with Crippen molar-refractivity contribution in [2.75, 3.05) is 0 Å². The molecule has 3 aromatic rings. The van der Waals surface area contributed by atoms with Crippen molar-refractivity contribution in [3.63, 3.8) is 0 Å². The van der Waals surface area contributed by atoms with E-state index in [1.54, 1.807) is 0 Å². The zero-order valence-electron chi connectivity index (χ0n) is 19.5. The van der Waals surface area contributed by atoms with E-state index in [0.717, 1.165) is 0 Å². The number of rotatable bonds is 10. The Morgan fingerprint density at radius 3 is 1.16 bits per heavy atom. The van der Waals surface area contributed by atoms with Crippen LogP contribution in [0.1, 0.15) is 69.4 Å². The maximum atomic E-state index is 3.83. The van der Waals surface area contributed by atoms with Crippen molar-refractivity contribution in [2.24, 2.45) is 0 Å². The maximum absolute atomic E-state index is 3.83. The Hall–Kier alpha value is -2.46. The lowest BCUT2D eigenvalue weighted by Gasteiger charge is -2.42. The van der Waals surface area contributed by atoms with Crippen molar-refractivity contribution in [3.05, 3.63) is 108 Å². The van der Waals surface area contributed by atoms with E-state index in [-0.39, 0.29) is 30.5 Å². The SMILES string of the molecule is CC(NC(C)N(C(C)NC(C)c1ccccc1)C(C)c1ccccc1)c1ccccc1. The molecular formula is C28H37N3. The van der Waals surface area contributed by atoms with Crippen LogP contribution in [0.15, 0.2) is 91.0 Å². The Labute approximate surface area is 188 Å². The van der Waals surface area contributed by atoms with Gasteiger partial charge in [0.15, 0.2) is 0 Å². The van der Waals surface area contributed by atoms with E-state index in [1.807, 2.05) is 0 Å². The summed E-state index contributed by atoms with van der Waals surface area (Å²) in [5.41, 5.74) is 3.93. The van der Waals surface area contributed by atoms with Gasteiger partial charge in [-0.2, -0.15) is 0 Å². The third-order valence-corrected chi connectivity index (χ3v) is 6.21. The predicted octanol–water partition coefficient (Wildman–Crippen LogP) is 6.44. The van der Waals surface area contributed by atoms with Crippen molar-refractivity contribution in [1.29, 1.82) is 0 Å². The largest absolute Gasteiger partial charge is 0.295 e. The van der Waals surface area contributed by atoms with Gasteiger partial charge < -0.3 is 0 Å². The molecule has 3 heteroatoms. The van der Waals surface area contributed by atoms with E-state index >= 15 is 0 Å². The van der Waals surface area contributed by atoms with Gasteiger partial charge in [-0.1, -0.05) is 91.0 Å². The summed E-state index contributed by atoms with van der Waals surface area (Å²) in [5, 5.41) is 7.65. The quantitative estimate of drug-likeness (QED) is 0.373. The number of benzene rings is 3. The van der Waals surface area contributed by atoms with Gasteiger partial charge in [0, 0.05) is 18.1 Å². The van der Waals surface area contributed by atoms with E-state index in [1.165, 1.54) is 16.7 Å². The molecule has 0 radical (unpaired) electrons. The average molecular weight is 416 g/mol. The Balaban J connectivity index is 1.79. The summed E-state index contributed by atoms with van der Waals surface area (Å²) in [5.74, 6) is 0. The lowest BCUT2D eigenvalue weighted by molar-refractivity contribution is 0.0544. The molecule has 3 nitrogen and oxygen atoms in total. The van der Waals surface area contributed by atoms with E-state index in [0.29, 0.717) is 0 Å². The Morgan fingerprint density at radius 2 is 0.806 bits per heavy atom. The molecule has 5 unspecified atom stereocenters. The van der Waals surface area contributed by atoms with Crippen molar-refractivity contribution in [1.82, 2.24) is 15.5 Å². The van der Waals surface area contributed by atoms with E-state index in [2.05, 4.69) is 141 Å². The van der Waals surface area contributed by atoms with Crippen LogP contribution in [0.3, 0.4) is 0 Å². The fraction of sp³-hybridized carbons (Fsp3) is 0.357. The van der Waals surface area contributed by atoms with Crippen LogP contribution in [0, 0.1) is 0 Å². The van der Waals surface area contributed by atoms with Crippen LogP contribution in [-0.4, -0.2) is 17.2 Å². The molecule has 3 rings (SSSR count). The number of nitrogens with one attached hydrogen (secondary N) is 2. The molecular weight excluding hydrogens is 378 g/mol. The number of hydrogen-bond acceptors (Lipinski definition) is 3. The zero-order valence-corrected chi connectivity index (χ0v) is 19.5. The molecule has 0 aliphatic rings. The monoisotopic (exact) mass is 415 g/mol. The van der Waals surface area contributed by atoms with Crippen LogP contribution in [0.5, 0.6) is 0 Å². The first kappa shape index (κ1) is 23.2. The van der Waals surface area contributed by atoms with Crippen LogP contribution in [0.4, 0.5) is 0 Å². The third-order valence-electron chi connectivity index (χ3n) is 6.21. The molecule has 0 saturated carbocycles. The van der Waals surface area contributed by atoms with Gasteiger partial charge >= 0.3 is 0 Å². The fourth-order valence-electron chi connectivity index (χ4n) is 4.48. The van der Waals surface area contributed by atoms with Crippen molar-refractivity contribution >= 4 is 0 Å². The van der Waals surface area contributed by atoms with Gasteiger partial charge in [0.2, 0.25) is 0 Å². The summed E-state index contributed by atoms with van der Waals surface area (Å²) in [7, 11) is 0. The molecule has 164 valence electrons. The number of hydrogen-bond donors (Lipinski definition) is 2. The second-order valence-electron chi connectivity index (χ2n) is 8.48. The first-order valence-electron chi connectivity index (χ1n) is 11.4. The Kier molecular flexibility index (Phi) is 8.42. The van der Waals surface area contributed by atoms with E-state index < -0.39 is 0 Å². The summed E-state index contributed by atoms with van der Waals surface area (Å²) in [6, 6.07) is 32.9. The summed E-state index contributed by atoms with van der Waals surface area (Å²) < 4.78 is 0. The van der Waals surface area contributed by atoms with Crippen LogP contribution < -0.4 is 10.6 Å². The highest BCUT2D eigenvalue weighted by molar-refractivity contribution is 5.21. The second kappa shape index (κ2) is 11.2. The van der Waals surface area contributed by atoms with Gasteiger partial charge in [-0.25, -0.2) is 0 Å². The summed E-state index contributed by atoms with van der Waals surface area (Å²) in [4.78, 5) is 2.54. The van der Waals surface area contributed by atoms with Crippen LogP contribution in [0.25, 0.3) is 0 Å². The maximum Gasteiger partial charge on any atom is 0.0592 e. The first-order chi connectivity index (χ1) is 15.0. The number of nitrogens with zero attached hydrogens (tertiary/aromatic N) is 1. The third kappa shape index (κ3) is 6.27. The van der Waals surface area contributed by atoms with Crippen molar-refractivity contribution < 1.29 is 0 Å². The van der Waals surface area contributed by atoms with Crippen LogP contribution >= 0.6 is 0 Å². The molecule has 31 heavy (non-hydrogen) atoms. The molecule has 3 aromatic carbocycles. The van der Waals surface area contributed by atoms with Gasteiger partial charge in [-0.15, -0.1) is 0 Å². The standard InChI is InChI=1S/C28H37N3/c1-21(26-15-9-6-10-16-26)29-24(4)31(23(3)28-19-13-8-14-20-28)25(5)30-22(2)27-17-11-7-12-18-27/h6-25,29-30H,1-5H3. The summed E-state index contributed by atoms with van der Waals surface area (Å²) >= 11 is 0. The van der Waals surface area contributed by atoms with Crippen molar-refractivity contribution in [3.8, 4) is 0 Å². The topological polar surface area (TPSA) is 27.3 Å². The summed E-state index contributed by atoms with van der Waals surface area (Å²) in [6.45, 7) is 11.3. The molecule has 0 aromatic heterocycles. The minimum Gasteiger partial charge on any atom is -0.295 e. The molecule has 0 spiro atoms. The van der Waals surface area contributed by atoms with Gasteiger partial charge in [-0.05, 0) is 51.3 Å². The molecule has 0 saturated heterocycles. The molecule has 0 aliphatic heterocycles. The first-order valence-corrected chi connectivity index (χ1v) is 11.4. The normalized spacial score (nSPS) is 16.5. The lowest BCUT2D eigenvalue weighted by atomic mass is 10.0. The second-order valence-corrected chi connectivity index (χ2v) is 8.48. The highest BCUT2D eigenvalue weighted by atomic mass is 15.4. The lowest BCUT2D eigenvalue weighted by Crippen LogP contribution is -2.54. The van der Waals surface area contributed by atoms with Gasteiger partial charge in [0.25, 0.3) is 0 Å².